The van der Waals surface area contributed by atoms with E-state index in [0.29, 0.717) is 5.54 Å². The average molecular weight is 227 g/mol. The van der Waals surface area contributed by atoms with Gasteiger partial charge in [-0.25, -0.2) is 0 Å². The summed E-state index contributed by atoms with van der Waals surface area (Å²) < 4.78 is 0. The van der Waals surface area contributed by atoms with Crippen molar-refractivity contribution in [2.45, 2.75) is 45.7 Å². The maximum absolute atomic E-state index is 3.23. The average Bonchev–Trinajstić information content (AvgIpc) is 2.25. The maximum Gasteiger partial charge on any atom is 0.0126 e. The van der Waals surface area contributed by atoms with E-state index < -0.39 is 0 Å². The second-order valence-electron chi connectivity index (χ2n) is 5.94. The Labute approximate surface area is 101 Å². The van der Waals surface area contributed by atoms with Crippen molar-refractivity contribution in [3.05, 3.63) is 0 Å². The molecule has 0 aromatic rings. The highest BCUT2D eigenvalue weighted by Crippen LogP contribution is 2.17. The van der Waals surface area contributed by atoms with Gasteiger partial charge in [-0.15, -0.1) is 0 Å². The van der Waals surface area contributed by atoms with Crippen molar-refractivity contribution in [2.75, 3.05) is 39.8 Å². The molecule has 16 heavy (non-hydrogen) atoms. The van der Waals surface area contributed by atoms with E-state index in [4.69, 9.17) is 0 Å². The first-order chi connectivity index (χ1) is 7.45. The molecule has 1 saturated heterocycles. The van der Waals surface area contributed by atoms with Crippen molar-refractivity contribution in [1.29, 1.82) is 0 Å². The number of hydrogen-bond acceptors (Lipinski definition) is 3. The molecule has 1 heterocycles. The van der Waals surface area contributed by atoms with Gasteiger partial charge in [-0.05, 0) is 47.7 Å². The molecule has 0 spiro atoms. The molecular weight excluding hydrogens is 198 g/mol. The monoisotopic (exact) mass is 227 g/mol. The molecule has 1 fully saturated rings. The molecule has 0 amide bonds. The lowest BCUT2D eigenvalue weighted by molar-refractivity contribution is 0.0441. The van der Waals surface area contributed by atoms with Gasteiger partial charge in [0.05, 0.1) is 0 Å². The van der Waals surface area contributed by atoms with Gasteiger partial charge in [0.2, 0.25) is 0 Å². The van der Waals surface area contributed by atoms with Crippen molar-refractivity contribution in [1.82, 2.24) is 15.1 Å². The molecule has 0 radical (unpaired) electrons. The van der Waals surface area contributed by atoms with E-state index in [1.54, 1.807) is 0 Å². The summed E-state index contributed by atoms with van der Waals surface area (Å²) in [6.45, 7) is 15.3. The zero-order chi connectivity index (χ0) is 12.2. The van der Waals surface area contributed by atoms with Gasteiger partial charge < -0.3 is 5.32 Å². The number of rotatable bonds is 4. The zero-order valence-electron chi connectivity index (χ0n) is 11.7. The Morgan fingerprint density at radius 1 is 1.12 bits per heavy atom. The minimum Gasteiger partial charge on any atom is -0.320 e. The van der Waals surface area contributed by atoms with Gasteiger partial charge in [-0.1, -0.05) is 0 Å². The summed E-state index contributed by atoms with van der Waals surface area (Å²) in [5, 5.41) is 3.23. The van der Waals surface area contributed by atoms with Gasteiger partial charge in [0.25, 0.3) is 0 Å². The quantitative estimate of drug-likeness (QED) is 0.783. The van der Waals surface area contributed by atoms with Crippen molar-refractivity contribution in [3.63, 3.8) is 0 Å². The third-order valence-corrected chi connectivity index (χ3v) is 3.70. The Kier molecular flexibility index (Phi) is 5.22. The second kappa shape index (κ2) is 5.99. The van der Waals surface area contributed by atoms with Crippen LogP contribution in [-0.2, 0) is 0 Å². The number of piperazine rings is 1. The van der Waals surface area contributed by atoms with Crippen molar-refractivity contribution in [3.8, 4) is 0 Å². The molecule has 1 aliphatic rings. The van der Waals surface area contributed by atoms with E-state index in [-0.39, 0.29) is 0 Å². The Hall–Kier alpha value is -0.120. The van der Waals surface area contributed by atoms with E-state index in [1.807, 2.05) is 7.05 Å². The highest BCUT2D eigenvalue weighted by Gasteiger charge is 2.27. The summed E-state index contributed by atoms with van der Waals surface area (Å²) in [4.78, 5) is 5.22. The fourth-order valence-electron chi connectivity index (χ4n) is 2.37. The highest BCUT2D eigenvalue weighted by atomic mass is 15.3. The van der Waals surface area contributed by atoms with Gasteiger partial charge in [0.1, 0.15) is 0 Å². The zero-order valence-corrected chi connectivity index (χ0v) is 11.7. The Balaban J connectivity index is 2.31. The summed E-state index contributed by atoms with van der Waals surface area (Å²) in [6.07, 6.45) is 1.26. The molecule has 1 N–H and O–H groups in total. The molecule has 1 aliphatic heterocycles. The summed E-state index contributed by atoms with van der Waals surface area (Å²) in [5.74, 6) is 0. The van der Waals surface area contributed by atoms with Crippen molar-refractivity contribution < 1.29 is 0 Å². The number of nitrogens with one attached hydrogen (secondary N) is 1. The van der Waals surface area contributed by atoms with Crippen LogP contribution in [0, 0.1) is 0 Å². The fourth-order valence-corrected chi connectivity index (χ4v) is 2.37. The first-order valence-electron chi connectivity index (χ1n) is 6.59. The van der Waals surface area contributed by atoms with Gasteiger partial charge in [-0.2, -0.15) is 0 Å². The third-order valence-electron chi connectivity index (χ3n) is 3.70. The summed E-state index contributed by atoms with van der Waals surface area (Å²) in [7, 11) is 2.03. The van der Waals surface area contributed by atoms with Crippen LogP contribution in [0.2, 0.25) is 0 Å². The smallest absolute Gasteiger partial charge is 0.0126 e. The molecule has 3 nitrogen and oxygen atoms in total. The normalized spacial score (nSPS) is 22.3. The summed E-state index contributed by atoms with van der Waals surface area (Å²) in [6, 6.07) is 0.717. The first-order valence-corrected chi connectivity index (χ1v) is 6.59. The van der Waals surface area contributed by atoms with Crippen LogP contribution < -0.4 is 5.32 Å². The van der Waals surface area contributed by atoms with Gasteiger partial charge in [0.15, 0.2) is 0 Å². The molecule has 96 valence electrons. The van der Waals surface area contributed by atoms with Crippen LogP contribution in [0.4, 0.5) is 0 Å². The molecule has 0 aromatic heterocycles. The van der Waals surface area contributed by atoms with Crippen LogP contribution in [0.25, 0.3) is 0 Å². The standard InChI is InChI=1S/C13H29N3/c1-12(6-7-14-5)15-8-10-16(11-9-15)13(2,3)4/h12,14H,6-11H2,1-5H3. The molecule has 1 atom stereocenters. The minimum absolute atomic E-state index is 0.334. The molecule has 1 rings (SSSR count). The second-order valence-corrected chi connectivity index (χ2v) is 5.94. The summed E-state index contributed by atoms with van der Waals surface area (Å²) in [5.41, 5.74) is 0.334. The van der Waals surface area contributed by atoms with Crippen LogP contribution in [-0.4, -0.2) is 61.2 Å². The van der Waals surface area contributed by atoms with Gasteiger partial charge in [0, 0.05) is 37.8 Å². The predicted octanol–water partition coefficient (Wildman–Crippen LogP) is 1.40. The van der Waals surface area contributed by atoms with Gasteiger partial charge in [-0.3, -0.25) is 9.80 Å². The van der Waals surface area contributed by atoms with Crippen LogP contribution in [0.3, 0.4) is 0 Å². The predicted molar refractivity (Wildman–Crippen MR) is 70.9 cm³/mol. The highest BCUT2D eigenvalue weighted by molar-refractivity contribution is 4.83. The van der Waals surface area contributed by atoms with Crippen LogP contribution >= 0.6 is 0 Å². The van der Waals surface area contributed by atoms with Crippen molar-refractivity contribution >= 4 is 0 Å². The Bertz CT molecular complexity index is 190. The molecule has 1 unspecified atom stereocenters. The Morgan fingerprint density at radius 3 is 2.12 bits per heavy atom. The summed E-state index contributed by atoms with van der Waals surface area (Å²) >= 11 is 0. The SMILES string of the molecule is CNCCC(C)N1CCN(C(C)(C)C)CC1. The first kappa shape index (κ1) is 13.9. The maximum atomic E-state index is 3.23. The van der Waals surface area contributed by atoms with E-state index in [1.165, 1.54) is 32.6 Å². The topological polar surface area (TPSA) is 18.5 Å². The molecular formula is C13H29N3. The van der Waals surface area contributed by atoms with E-state index in [2.05, 4.69) is 42.8 Å². The largest absolute Gasteiger partial charge is 0.320 e. The number of hydrogen-bond donors (Lipinski definition) is 1. The lowest BCUT2D eigenvalue weighted by atomic mass is 10.0. The van der Waals surface area contributed by atoms with E-state index >= 15 is 0 Å². The fraction of sp³-hybridized carbons (Fsp3) is 1.00. The molecule has 0 saturated carbocycles. The van der Waals surface area contributed by atoms with Crippen LogP contribution in [0.15, 0.2) is 0 Å². The Morgan fingerprint density at radius 2 is 1.69 bits per heavy atom. The van der Waals surface area contributed by atoms with Crippen molar-refractivity contribution in [2.24, 2.45) is 0 Å². The minimum atomic E-state index is 0.334. The molecule has 3 heteroatoms. The molecule has 0 bridgehead atoms. The van der Waals surface area contributed by atoms with E-state index in [0.717, 1.165) is 12.6 Å². The van der Waals surface area contributed by atoms with Gasteiger partial charge >= 0.3 is 0 Å². The molecule has 0 aromatic carbocycles. The van der Waals surface area contributed by atoms with Crippen LogP contribution in [0.5, 0.6) is 0 Å². The van der Waals surface area contributed by atoms with E-state index in [9.17, 15) is 0 Å². The number of nitrogens with zero attached hydrogens (tertiary/aromatic N) is 2. The van der Waals surface area contributed by atoms with Crippen LogP contribution in [0.1, 0.15) is 34.1 Å². The lowest BCUT2D eigenvalue weighted by Gasteiger charge is -2.44. The third kappa shape index (κ3) is 4.04. The lowest BCUT2D eigenvalue weighted by Crippen LogP contribution is -2.55. The molecule has 0 aliphatic carbocycles.